The Morgan fingerprint density at radius 2 is 1.90 bits per heavy atom. The highest BCUT2D eigenvalue weighted by molar-refractivity contribution is 5.44. The minimum atomic E-state index is 0.484. The molecule has 3 rings (SSSR count). The molecule has 0 aromatic heterocycles. The van der Waals surface area contributed by atoms with Crippen molar-refractivity contribution < 1.29 is 4.74 Å². The predicted molar refractivity (Wildman–Crippen MR) is 87.8 cm³/mol. The molecule has 1 N–H and O–H groups in total. The van der Waals surface area contributed by atoms with Crippen LogP contribution in [0.2, 0.25) is 0 Å². The molecule has 2 aliphatic carbocycles. The van der Waals surface area contributed by atoms with Gasteiger partial charge in [-0.3, -0.25) is 0 Å². The van der Waals surface area contributed by atoms with E-state index in [1.165, 1.54) is 48.8 Å². The van der Waals surface area contributed by atoms with Crippen LogP contribution in [0.4, 0.5) is 0 Å². The smallest absolute Gasteiger partial charge is 0.124 e. The molecule has 2 heteroatoms. The third-order valence-electron chi connectivity index (χ3n) is 5.86. The molecule has 2 saturated carbocycles. The van der Waals surface area contributed by atoms with Gasteiger partial charge in [0.05, 0.1) is 7.11 Å². The molecular formula is C19H29NO. The Kier molecular flexibility index (Phi) is 4.26. The van der Waals surface area contributed by atoms with Crippen LogP contribution >= 0.6 is 0 Å². The number of rotatable bonds is 5. The van der Waals surface area contributed by atoms with E-state index >= 15 is 0 Å². The zero-order chi connectivity index (χ0) is 15.0. The second-order valence-electron chi connectivity index (χ2n) is 7.20. The Bertz CT molecular complexity index is 487. The lowest BCUT2D eigenvalue weighted by atomic mass is 9.82. The minimum Gasteiger partial charge on any atom is -0.496 e. The monoisotopic (exact) mass is 287 g/mol. The Hall–Kier alpha value is -1.02. The fourth-order valence-electron chi connectivity index (χ4n) is 4.90. The van der Waals surface area contributed by atoms with Crippen molar-refractivity contribution in [3.63, 3.8) is 0 Å². The summed E-state index contributed by atoms with van der Waals surface area (Å²) in [5.74, 6) is 4.01. The number of benzene rings is 1. The Balaban J connectivity index is 1.77. The Morgan fingerprint density at radius 1 is 1.19 bits per heavy atom. The maximum absolute atomic E-state index is 5.50. The molecule has 2 fully saturated rings. The lowest BCUT2D eigenvalue weighted by Gasteiger charge is -2.27. The van der Waals surface area contributed by atoms with E-state index in [1.54, 1.807) is 7.11 Å². The number of hydrogen-bond donors (Lipinski definition) is 1. The largest absolute Gasteiger partial charge is 0.496 e. The number of methoxy groups -OCH3 is 1. The number of aryl methyl sites for hydroxylation is 2. The maximum Gasteiger partial charge on any atom is 0.124 e. The van der Waals surface area contributed by atoms with Crippen molar-refractivity contribution in [3.8, 4) is 5.75 Å². The number of nitrogens with one attached hydrogen (secondary N) is 1. The van der Waals surface area contributed by atoms with E-state index in [2.05, 4.69) is 38.3 Å². The molecule has 1 aromatic rings. The average Bonchev–Trinajstić information content (AvgIpc) is 3.06. The first-order valence-corrected chi connectivity index (χ1v) is 8.44. The molecule has 0 amide bonds. The molecule has 0 aliphatic heterocycles. The molecule has 2 nitrogen and oxygen atoms in total. The Morgan fingerprint density at radius 3 is 2.38 bits per heavy atom. The summed E-state index contributed by atoms with van der Waals surface area (Å²) in [6.45, 7) is 4.30. The van der Waals surface area contributed by atoms with Crippen LogP contribution in [0, 0.1) is 31.6 Å². The molecule has 21 heavy (non-hydrogen) atoms. The molecule has 116 valence electrons. The van der Waals surface area contributed by atoms with Crippen LogP contribution in [-0.4, -0.2) is 14.2 Å². The van der Waals surface area contributed by atoms with Gasteiger partial charge in [0.1, 0.15) is 5.75 Å². The molecule has 0 saturated heterocycles. The first kappa shape index (κ1) is 14.9. The third kappa shape index (κ3) is 2.83. The number of hydrogen-bond acceptors (Lipinski definition) is 2. The molecule has 0 radical (unpaired) electrons. The number of ether oxygens (including phenoxy) is 1. The SMILES string of the molecule is CNC(CC1CC2CCC1C2)c1cc(C)c(OC)c(C)c1. The number of fused-ring (bicyclic) bond motifs is 2. The highest BCUT2D eigenvalue weighted by Gasteiger charge is 2.40. The zero-order valence-electron chi connectivity index (χ0n) is 13.9. The summed E-state index contributed by atoms with van der Waals surface area (Å²) in [4.78, 5) is 0. The third-order valence-corrected chi connectivity index (χ3v) is 5.86. The van der Waals surface area contributed by atoms with E-state index < -0.39 is 0 Å². The van der Waals surface area contributed by atoms with E-state index in [0.717, 1.165) is 23.5 Å². The van der Waals surface area contributed by atoms with Crippen LogP contribution in [0.1, 0.15) is 54.8 Å². The molecule has 2 aliphatic rings. The molecule has 0 spiro atoms. The van der Waals surface area contributed by atoms with Gasteiger partial charge >= 0.3 is 0 Å². The van der Waals surface area contributed by atoms with Gasteiger partial charge < -0.3 is 10.1 Å². The van der Waals surface area contributed by atoms with Crippen LogP contribution < -0.4 is 10.1 Å². The minimum absolute atomic E-state index is 0.484. The van der Waals surface area contributed by atoms with Crippen LogP contribution in [0.5, 0.6) is 5.75 Å². The van der Waals surface area contributed by atoms with Crippen molar-refractivity contribution in [1.82, 2.24) is 5.32 Å². The van der Waals surface area contributed by atoms with E-state index in [9.17, 15) is 0 Å². The highest BCUT2D eigenvalue weighted by Crippen LogP contribution is 2.51. The van der Waals surface area contributed by atoms with Crippen LogP contribution in [0.25, 0.3) is 0 Å². The topological polar surface area (TPSA) is 21.3 Å². The summed E-state index contributed by atoms with van der Waals surface area (Å²) in [7, 11) is 3.87. The predicted octanol–water partition coefficient (Wildman–Crippen LogP) is 4.40. The van der Waals surface area contributed by atoms with E-state index in [-0.39, 0.29) is 0 Å². The van der Waals surface area contributed by atoms with Gasteiger partial charge in [-0.05, 0) is 81.0 Å². The lowest BCUT2D eigenvalue weighted by molar-refractivity contribution is 0.284. The van der Waals surface area contributed by atoms with Crippen molar-refractivity contribution in [1.29, 1.82) is 0 Å². The normalized spacial score (nSPS) is 28.9. The van der Waals surface area contributed by atoms with Crippen molar-refractivity contribution in [2.45, 2.75) is 52.0 Å². The zero-order valence-corrected chi connectivity index (χ0v) is 13.9. The van der Waals surface area contributed by atoms with Crippen molar-refractivity contribution in [2.24, 2.45) is 17.8 Å². The lowest BCUT2D eigenvalue weighted by Crippen LogP contribution is -2.23. The summed E-state index contributed by atoms with van der Waals surface area (Å²) >= 11 is 0. The quantitative estimate of drug-likeness (QED) is 0.866. The van der Waals surface area contributed by atoms with Crippen LogP contribution in [0.15, 0.2) is 12.1 Å². The standard InChI is InChI=1S/C19H29NO/c1-12-7-17(8-13(2)19(12)21-4)18(20-3)11-16-10-14-5-6-15(16)9-14/h7-8,14-16,18,20H,5-6,9-11H2,1-4H3. The maximum atomic E-state index is 5.50. The summed E-state index contributed by atoms with van der Waals surface area (Å²) in [5, 5.41) is 3.56. The van der Waals surface area contributed by atoms with Gasteiger partial charge in [0.2, 0.25) is 0 Å². The second kappa shape index (κ2) is 6.00. The summed E-state index contributed by atoms with van der Waals surface area (Å²) in [5.41, 5.74) is 3.93. The molecule has 2 bridgehead atoms. The van der Waals surface area contributed by atoms with Crippen molar-refractivity contribution in [2.75, 3.05) is 14.2 Å². The van der Waals surface area contributed by atoms with Gasteiger partial charge in [-0.25, -0.2) is 0 Å². The molecule has 4 unspecified atom stereocenters. The highest BCUT2D eigenvalue weighted by atomic mass is 16.5. The Labute approximate surface area is 129 Å². The van der Waals surface area contributed by atoms with Gasteiger partial charge in [0.15, 0.2) is 0 Å². The van der Waals surface area contributed by atoms with Gasteiger partial charge in [-0.15, -0.1) is 0 Å². The van der Waals surface area contributed by atoms with E-state index in [1.807, 2.05) is 0 Å². The second-order valence-corrected chi connectivity index (χ2v) is 7.20. The first-order chi connectivity index (χ1) is 10.1. The fourth-order valence-corrected chi connectivity index (χ4v) is 4.90. The molecular weight excluding hydrogens is 258 g/mol. The van der Waals surface area contributed by atoms with Gasteiger partial charge in [-0.2, -0.15) is 0 Å². The van der Waals surface area contributed by atoms with Crippen molar-refractivity contribution >= 4 is 0 Å². The summed E-state index contributed by atoms with van der Waals surface area (Å²) in [6.07, 6.45) is 7.24. The van der Waals surface area contributed by atoms with Crippen molar-refractivity contribution in [3.05, 3.63) is 28.8 Å². The molecule has 4 atom stereocenters. The fraction of sp³-hybridized carbons (Fsp3) is 0.684. The van der Waals surface area contributed by atoms with Gasteiger partial charge in [-0.1, -0.05) is 18.6 Å². The summed E-state index contributed by atoms with van der Waals surface area (Å²) in [6, 6.07) is 5.10. The molecule has 1 aromatic carbocycles. The van der Waals surface area contributed by atoms with Crippen LogP contribution in [-0.2, 0) is 0 Å². The van der Waals surface area contributed by atoms with Crippen LogP contribution in [0.3, 0.4) is 0 Å². The average molecular weight is 287 g/mol. The van der Waals surface area contributed by atoms with Gasteiger partial charge in [0, 0.05) is 6.04 Å². The molecule has 0 heterocycles. The van der Waals surface area contributed by atoms with Gasteiger partial charge in [0.25, 0.3) is 0 Å². The van der Waals surface area contributed by atoms with E-state index in [4.69, 9.17) is 4.74 Å². The van der Waals surface area contributed by atoms with E-state index in [0.29, 0.717) is 6.04 Å². The first-order valence-electron chi connectivity index (χ1n) is 8.44. The summed E-state index contributed by atoms with van der Waals surface area (Å²) < 4.78 is 5.50.